The minimum Gasteiger partial charge on any atom is -0.461 e. The molecule has 1 aromatic carbocycles. The van der Waals surface area contributed by atoms with Crippen LogP contribution < -0.4 is 5.32 Å². The van der Waals surface area contributed by atoms with Gasteiger partial charge in [0.15, 0.2) is 0 Å². The highest BCUT2D eigenvalue weighted by molar-refractivity contribution is 6.12. The molecule has 1 aliphatic heterocycles. The van der Waals surface area contributed by atoms with E-state index in [1.54, 1.807) is 26.0 Å². The third-order valence-electron chi connectivity index (χ3n) is 3.77. The van der Waals surface area contributed by atoms with Gasteiger partial charge in [-0.15, -0.1) is 0 Å². The Balaban J connectivity index is 2.05. The van der Waals surface area contributed by atoms with Gasteiger partial charge in [-0.3, -0.25) is 14.5 Å². The first-order chi connectivity index (χ1) is 12.0. The van der Waals surface area contributed by atoms with E-state index >= 15 is 0 Å². The number of rotatable bonds is 6. The van der Waals surface area contributed by atoms with E-state index in [1.165, 1.54) is 0 Å². The maximum Gasteiger partial charge on any atom is 0.335 e. The quantitative estimate of drug-likeness (QED) is 0.621. The summed E-state index contributed by atoms with van der Waals surface area (Å²) in [5, 5.41) is 2.48. The summed E-state index contributed by atoms with van der Waals surface area (Å²) in [5.41, 5.74) is 0.806. The molecule has 1 atom stereocenters. The molecule has 0 radical (unpaired) electrons. The van der Waals surface area contributed by atoms with Crippen LogP contribution in [0.15, 0.2) is 30.3 Å². The van der Waals surface area contributed by atoms with Gasteiger partial charge < -0.3 is 10.1 Å². The lowest BCUT2D eigenvalue weighted by Crippen LogP contribution is -2.47. The van der Waals surface area contributed by atoms with E-state index in [9.17, 15) is 19.2 Å². The average Bonchev–Trinajstić information content (AvgIpc) is 2.84. The van der Waals surface area contributed by atoms with Crippen LogP contribution in [0.2, 0.25) is 0 Å². The molecule has 1 saturated heterocycles. The van der Waals surface area contributed by atoms with E-state index in [4.69, 9.17) is 4.74 Å². The van der Waals surface area contributed by atoms with Gasteiger partial charge in [0.05, 0.1) is 6.42 Å². The van der Waals surface area contributed by atoms with Crippen molar-refractivity contribution in [1.82, 2.24) is 15.1 Å². The van der Waals surface area contributed by atoms with Crippen molar-refractivity contribution in [1.29, 1.82) is 0 Å². The van der Waals surface area contributed by atoms with Crippen LogP contribution in [0, 0.1) is 0 Å². The fourth-order valence-corrected chi connectivity index (χ4v) is 2.54. The number of likely N-dealkylation sites (N-methyl/N-ethyl adjacent to an activating group) is 1. The summed E-state index contributed by atoms with van der Waals surface area (Å²) in [4.78, 5) is 50.5. The minimum absolute atomic E-state index is 0.0627. The second kappa shape index (κ2) is 8.27. The van der Waals surface area contributed by atoms with Crippen molar-refractivity contribution in [2.24, 2.45) is 0 Å². The summed E-state index contributed by atoms with van der Waals surface area (Å²) in [6.07, 6.45) is -0.370. The molecule has 1 heterocycles. The highest BCUT2D eigenvalue weighted by Crippen LogP contribution is 2.21. The molecule has 0 saturated carbocycles. The molecular formula is C17H21N3O5. The molecule has 1 aliphatic rings. The SMILES string of the molecule is CCNC(=O)N1C(=O)N(CC)C(=O)[C@@H]1CC(=O)OCc1ccccc1. The number of carbonyl (C=O) groups excluding carboxylic acids is 4. The molecule has 134 valence electrons. The van der Waals surface area contributed by atoms with E-state index in [2.05, 4.69) is 5.32 Å². The summed E-state index contributed by atoms with van der Waals surface area (Å²) >= 11 is 0. The molecular weight excluding hydrogens is 326 g/mol. The van der Waals surface area contributed by atoms with Crippen LogP contribution >= 0.6 is 0 Å². The number of ether oxygens (including phenoxy) is 1. The zero-order chi connectivity index (χ0) is 18.4. The predicted octanol–water partition coefficient (Wildman–Crippen LogP) is 1.50. The first-order valence-corrected chi connectivity index (χ1v) is 8.11. The second-order valence-electron chi connectivity index (χ2n) is 5.44. The van der Waals surface area contributed by atoms with Crippen molar-refractivity contribution in [2.45, 2.75) is 32.9 Å². The van der Waals surface area contributed by atoms with Crippen molar-refractivity contribution in [3.63, 3.8) is 0 Å². The fraction of sp³-hybridized carbons (Fsp3) is 0.412. The molecule has 0 aliphatic carbocycles. The Bertz CT molecular complexity index is 662. The van der Waals surface area contributed by atoms with Crippen LogP contribution in [0.4, 0.5) is 9.59 Å². The third kappa shape index (κ3) is 4.14. The number of urea groups is 2. The van der Waals surface area contributed by atoms with Gasteiger partial charge in [0, 0.05) is 13.1 Å². The molecule has 5 amide bonds. The number of amides is 5. The summed E-state index contributed by atoms with van der Waals surface area (Å²) < 4.78 is 5.15. The van der Waals surface area contributed by atoms with Gasteiger partial charge in [0.1, 0.15) is 12.6 Å². The number of esters is 1. The first kappa shape index (κ1) is 18.4. The van der Waals surface area contributed by atoms with Gasteiger partial charge in [0.2, 0.25) is 0 Å². The van der Waals surface area contributed by atoms with Gasteiger partial charge in [-0.2, -0.15) is 0 Å². The van der Waals surface area contributed by atoms with E-state index in [0.717, 1.165) is 15.4 Å². The summed E-state index contributed by atoms with van der Waals surface area (Å²) in [6.45, 7) is 3.81. The average molecular weight is 347 g/mol. The van der Waals surface area contributed by atoms with Crippen molar-refractivity contribution in [3.05, 3.63) is 35.9 Å². The molecule has 0 aromatic heterocycles. The predicted molar refractivity (Wildman–Crippen MR) is 88.3 cm³/mol. The number of carbonyl (C=O) groups is 4. The molecule has 25 heavy (non-hydrogen) atoms. The first-order valence-electron chi connectivity index (χ1n) is 8.11. The molecule has 1 aromatic rings. The number of nitrogens with zero attached hydrogens (tertiary/aromatic N) is 2. The van der Waals surface area contributed by atoms with E-state index in [1.807, 2.05) is 18.2 Å². The Morgan fingerprint density at radius 1 is 1.16 bits per heavy atom. The number of imide groups is 2. The standard InChI is InChI=1S/C17H21N3O5/c1-3-18-16(23)20-13(15(22)19(4-2)17(20)24)10-14(21)25-11-12-8-6-5-7-9-12/h5-9,13H,3-4,10-11H2,1-2H3,(H,18,23)/t13-/m0/s1. The maximum absolute atomic E-state index is 12.4. The van der Waals surface area contributed by atoms with Gasteiger partial charge >= 0.3 is 18.0 Å². The van der Waals surface area contributed by atoms with Crippen LogP contribution in [-0.2, 0) is 20.9 Å². The normalized spacial score (nSPS) is 17.0. The number of hydrogen-bond donors (Lipinski definition) is 1. The largest absolute Gasteiger partial charge is 0.461 e. The minimum atomic E-state index is -1.18. The molecule has 0 spiro atoms. The van der Waals surface area contributed by atoms with Crippen molar-refractivity contribution in [2.75, 3.05) is 13.1 Å². The van der Waals surface area contributed by atoms with E-state index < -0.39 is 30.0 Å². The highest BCUT2D eigenvalue weighted by atomic mass is 16.5. The zero-order valence-electron chi connectivity index (χ0n) is 14.2. The van der Waals surface area contributed by atoms with Crippen molar-refractivity contribution >= 4 is 23.9 Å². The summed E-state index contributed by atoms with van der Waals surface area (Å²) in [5.74, 6) is -1.22. The van der Waals surface area contributed by atoms with Crippen molar-refractivity contribution < 1.29 is 23.9 Å². The number of nitrogens with one attached hydrogen (secondary N) is 1. The summed E-state index contributed by atoms with van der Waals surface area (Å²) in [7, 11) is 0. The van der Waals surface area contributed by atoms with Crippen LogP contribution in [0.3, 0.4) is 0 Å². The Hall–Kier alpha value is -2.90. The van der Waals surface area contributed by atoms with Gasteiger partial charge in [0.25, 0.3) is 5.91 Å². The van der Waals surface area contributed by atoms with Crippen molar-refractivity contribution in [3.8, 4) is 0 Å². The van der Waals surface area contributed by atoms with Gasteiger partial charge in [-0.05, 0) is 19.4 Å². The van der Waals surface area contributed by atoms with Crippen LogP contribution in [0.5, 0.6) is 0 Å². The highest BCUT2D eigenvalue weighted by Gasteiger charge is 2.48. The monoisotopic (exact) mass is 347 g/mol. The molecule has 1 N–H and O–H groups in total. The molecule has 8 heteroatoms. The zero-order valence-corrected chi connectivity index (χ0v) is 14.2. The smallest absolute Gasteiger partial charge is 0.335 e. The lowest BCUT2D eigenvalue weighted by atomic mass is 10.2. The molecule has 2 rings (SSSR count). The molecule has 1 fully saturated rings. The lowest BCUT2D eigenvalue weighted by molar-refractivity contribution is -0.147. The van der Waals surface area contributed by atoms with Crippen LogP contribution in [0.25, 0.3) is 0 Å². The van der Waals surface area contributed by atoms with E-state index in [0.29, 0.717) is 6.54 Å². The summed E-state index contributed by atoms with van der Waals surface area (Å²) in [6, 6.07) is 6.49. The van der Waals surface area contributed by atoms with Gasteiger partial charge in [-0.25, -0.2) is 14.5 Å². The fourth-order valence-electron chi connectivity index (χ4n) is 2.54. The Kier molecular flexibility index (Phi) is 6.10. The Morgan fingerprint density at radius 2 is 1.84 bits per heavy atom. The molecule has 0 bridgehead atoms. The third-order valence-corrected chi connectivity index (χ3v) is 3.77. The Morgan fingerprint density at radius 3 is 2.44 bits per heavy atom. The number of hydrogen-bond acceptors (Lipinski definition) is 5. The maximum atomic E-state index is 12.4. The van der Waals surface area contributed by atoms with Crippen LogP contribution in [-0.4, -0.2) is 52.9 Å². The lowest BCUT2D eigenvalue weighted by Gasteiger charge is -2.19. The second-order valence-corrected chi connectivity index (χ2v) is 5.44. The number of benzene rings is 1. The van der Waals surface area contributed by atoms with E-state index in [-0.39, 0.29) is 19.6 Å². The van der Waals surface area contributed by atoms with Crippen LogP contribution in [0.1, 0.15) is 25.8 Å². The Labute approximate surface area is 145 Å². The molecule has 0 unspecified atom stereocenters. The van der Waals surface area contributed by atoms with Gasteiger partial charge in [-0.1, -0.05) is 30.3 Å². The topological polar surface area (TPSA) is 96.0 Å². The molecule has 8 nitrogen and oxygen atoms in total.